The minimum Gasteiger partial charge on any atom is -0.481 e. The van der Waals surface area contributed by atoms with Gasteiger partial charge in [0.05, 0.1) is 28.8 Å². The molecule has 0 aromatic carbocycles. The predicted octanol–water partition coefficient (Wildman–Crippen LogP) is 8.52. The van der Waals surface area contributed by atoms with Gasteiger partial charge in [-0.3, -0.25) is 4.79 Å². The molecule has 0 saturated carbocycles. The first-order chi connectivity index (χ1) is 18.9. The number of hydrogen-bond donors (Lipinski definition) is 1. The van der Waals surface area contributed by atoms with Crippen molar-refractivity contribution in [2.45, 2.75) is 190 Å². The third kappa shape index (κ3) is 26.8. The molecule has 10 heteroatoms. The van der Waals surface area contributed by atoms with Gasteiger partial charge in [0.15, 0.2) is 11.2 Å². The fourth-order valence-electron chi connectivity index (χ4n) is 2.58. The molecule has 0 saturated heterocycles. The molecule has 1 unspecified atom stereocenters. The average Bonchev–Trinajstić information content (AvgIpc) is 2.79. The molecule has 0 aliphatic heterocycles. The number of aliphatic carboxylic acids is 1. The van der Waals surface area contributed by atoms with E-state index >= 15 is 0 Å². The second-order valence-corrected chi connectivity index (χ2v) is 15.8. The number of carboxylic acid groups (broad SMARTS) is 1. The summed E-state index contributed by atoms with van der Waals surface area (Å²) < 4.78 is 0. The molecular formula is C33H64O10. The van der Waals surface area contributed by atoms with E-state index < -0.39 is 40.1 Å². The van der Waals surface area contributed by atoms with Crippen molar-refractivity contribution in [2.75, 3.05) is 0 Å². The molecule has 0 aliphatic carbocycles. The van der Waals surface area contributed by atoms with Gasteiger partial charge in [-0.05, 0) is 124 Å². The molecule has 43 heavy (non-hydrogen) atoms. The van der Waals surface area contributed by atoms with Crippen LogP contribution >= 0.6 is 0 Å². The Kier molecular flexibility index (Phi) is 17.8. The monoisotopic (exact) mass is 620 g/mol. The van der Waals surface area contributed by atoms with Gasteiger partial charge in [0.1, 0.15) is 0 Å². The third-order valence-corrected chi connectivity index (χ3v) is 4.65. The summed E-state index contributed by atoms with van der Waals surface area (Å²) in [4.78, 5) is 54.4. The number of carbonyl (C=O) groups is 1. The van der Waals surface area contributed by atoms with Gasteiger partial charge in [-0.1, -0.05) is 31.6 Å². The van der Waals surface area contributed by atoms with Crippen molar-refractivity contribution in [2.24, 2.45) is 5.92 Å². The van der Waals surface area contributed by atoms with E-state index in [0.717, 1.165) is 12.8 Å². The summed E-state index contributed by atoms with van der Waals surface area (Å²) in [5.74, 6) is 3.40. The standard InChI is InChI=1S/C17H34O6.C16H30O4/c1-9-10-11-13(12-14(18)19)17(8,22-20-15(2,3)4)23-21-16(5,6)7;1-13(2,3)17-19-15(7,8)11-12-16(9,10)20-18-14(4,5)6/h13H,9-12H2,1-8H3,(H,18,19);1-10H3. The van der Waals surface area contributed by atoms with E-state index in [1.54, 1.807) is 6.92 Å². The van der Waals surface area contributed by atoms with Crippen LogP contribution in [-0.2, 0) is 43.9 Å². The van der Waals surface area contributed by atoms with E-state index in [0.29, 0.717) is 6.42 Å². The molecule has 256 valence electrons. The molecule has 0 rings (SSSR count). The quantitative estimate of drug-likeness (QED) is 0.0878. The molecule has 0 amide bonds. The summed E-state index contributed by atoms with van der Waals surface area (Å²) >= 11 is 0. The highest BCUT2D eigenvalue weighted by Gasteiger charge is 2.42. The largest absolute Gasteiger partial charge is 0.481 e. The lowest BCUT2D eigenvalue weighted by Crippen LogP contribution is -2.45. The Labute approximate surface area is 262 Å². The number of rotatable bonds is 14. The Bertz CT molecular complexity index is 804. The van der Waals surface area contributed by atoms with E-state index in [4.69, 9.17) is 39.1 Å². The first kappa shape index (κ1) is 43.8. The highest BCUT2D eigenvalue weighted by Crippen LogP contribution is 2.34. The Morgan fingerprint density at radius 1 is 0.558 bits per heavy atom. The maximum absolute atomic E-state index is 11.2. The maximum atomic E-state index is 11.2. The van der Waals surface area contributed by atoms with Gasteiger partial charge in [-0.2, -0.15) is 9.78 Å². The molecule has 0 aromatic rings. The Morgan fingerprint density at radius 2 is 0.860 bits per heavy atom. The Morgan fingerprint density at radius 3 is 1.12 bits per heavy atom. The minimum absolute atomic E-state index is 0.0858. The van der Waals surface area contributed by atoms with Crippen LogP contribution in [0.2, 0.25) is 0 Å². The number of unbranched alkanes of at least 4 members (excludes halogenated alkanes) is 1. The fraction of sp³-hybridized carbons (Fsp3) is 0.909. The molecule has 0 heterocycles. The molecule has 0 spiro atoms. The van der Waals surface area contributed by atoms with Crippen LogP contribution in [-0.4, -0.2) is 50.5 Å². The number of hydrogen-bond acceptors (Lipinski definition) is 9. The van der Waals surface area contributed by atoms with E-state index in [-0.39, 0.29) is 17.6 Å². The highest BCUT2D eigenvalue weighted by molar-refractivity contribution is 5.67. The van der Waals surface area contributed by atoms with Crippen LogP contribution < -0.4 is 0 Å². The zero-order chi connectivity index (χ0) is 34.6. The van der Waals surface area contributed by atoms with Gasteiger partial charge in [0, 0.05) is 5.92 Å². The van der Waals surface area contributed by atoms with Crippen molar-refractivity contribution in [3.63, 3.8) is 0 Å². The van der Waals surface area contributed by atoms with E-state index in [1.807, 2.05) is 118 Å². The average molecular weight is 621 g/mol. The first-order valence-electron chi connectivity index (χ1n) is 15.1. The summed E-state index contributed by atoms with van der Waals surface area (Å²) in [5.41, 5.74) is -3.30. The van der Waals surface area contributed by atoms with Crippen molar-refractivity contribution < 1.29 is 49.0 Å². The smallest absolute Gasteiger partial charge is 0.303 e. The minimum atomic E-state index is -1.31. The van der Waals surface area contributed by atoms with Gasteiger partial charge < -0.3 is 5.11 Å². The van der Waals surface area contributed by atoms with Crippen molar-refractivity contribution in [1.82, 2.24) is 0 Å². The zero-order valence-electron chi connectivity index (χ0n) is 30.5. The lowest BCUT2D eigenvalue weighted by molar-refractivity contribution is -0.547. The van der Waals surface area contributed by atoms with Crippen LogP contribution in [0.4, 0.5) is 0 Å². The first-order valence-corrected chi connectivity index (χ1v) is 15.1. The van der Waals surface area contributed by atoms with Crippen LogP contribution in [0, 0.1) is 17.8 Å². The predicted molar refractivity (Wildman–Crippen MR) is 167 cm³/mol. The number of carboxylic acids is 1. The van der Waals surface area contributed by atoms with Gasteiger partial charge in [-0.25, -0.2) is 29.3 Å². The van der Waals surface area contributed by atoms with Crippen LogP contribution in [0.3, 0.4) is 0 Å². The molecule has 0 aliphatic rings. The molecule has 0 bridgehead atoms. The molecule has 0 aromatic heterocycles. The van der Waals surface area contributed by atoms with Crippen molar-refractivity contribution >= 4 is 5.97 Å². The lowest BCUT2D eigenvalue weighted by Gasteiger charge is -2.37. The van der Waals surface area contributed by atoms with Crippen LogP contribution in [0.5, 0.6) is 0 Å². The van der Waals surface area contributed by atoms with Gasteiger partial charge in [-0.15, -0.1) is 0 Å². The van der Waals surface area contributed by atoms with E-state index in [2.05, 4.69) is 11.8 Å². The van der Waals surface area contributed by atoms with Gasteiger partial charge in [0.2, 0.25) is 5.79 Å². The van der Waals surface area contributed by atoms with Crippen LogP contribution in [0.15, 0.2) is 0 Å². The molecule has 10 nitrogen and oxygen atoms in total. The zero-order valence-corrected chi connectivity index (χ0v) is 30.5. The van der Waals surface area contributed by atoms with Gasteiger partial charge >= 0.3 is 5.97 Å². The van der Waals surface area contributed by atoms with E-state index in [9.17, 15) is 9.90 Å². The summed E-state index contributed by atoms with van der Waals surface area (Å²) in [5, 5.41) is 9.21. The fourth-order valence-corrected chi connectivity index (χ4v) is 2.58. The second kappa shape index (κ2) is 17.4. The summed E-state index contributed by atoms with van der Waals surface area (Å²) in [6.07, 6.45) is 2.37. The van der Waals surface area contributed by atoms with Crippen molar-refractivity contribution in [3.05, 3.63) is 0 Å². The molecule has 1 atom stereocenters. The molecular weight excluding hydrogens is 556 g/mol. The Hall–Kier alpha value is -1.29. The summed E-state index contributed by atoms with van der Waals surface area (Å²) in [7, 11) is 0. The van der Waals surface area contributed by atoms with Gasteiger partial charge in [0.25, 0.3) is 0 Å². The molecule has 0 fully saturated rings. The van der Waals surface area contributed by atoms with Crippen molar-refractivity contribution in [1.29, 1.82) is 0 Å². The maximum Gasteiger partial charge on any atom is 0.303 e. The normalized spacial score (nSPS) is 14.4. The SMILES string of the molecule is CC(C)(C)OOC(C)(C)C#CC(C)(C)OOC(C)(C)C.CCCCC(CC(=O)O)C(C)(OOC(C)(C)C)OOC(C)(C)C. The second-order valence-electron chi connectivity index (χ2n) is 15.8. The van der Waals surface area contributed by atoms with E-state index in [1.165, 1.54) is 0 Å². The lowest BCUT2D eigenvalue weighted by atomic mass is 9.91. The summed E-state index contributed by atoms with van der Waals surface area (Å²) in [6, 6.07) is 0. The highest BCUT2D eigenvalue weighted by atomic mass is 17.3. The van der Waals surface area contributed by atoms with Crippen LogP contribution in [0.1, 0.15) is 150 Å². The molecule has 1 N–H and O–H groups in total. The molecule has 0 radical (unpaired) electrons. The summed E-state index contributed by atoms with van der Waals surface area (Å²) in [6.45, 7) is 33.6. The van der Waals surface area contributed by atoms with Crippen LogP contribution in [0.25, 0.3) is 0 Å². The van der Waals surface area contributed by atoms with Crippen molar-refractivity contribution in [3.8, 4) is 11.8 Å². The third-order valence-electron chi connectivity index (χ3n) is 4.65. The Balaban J connectivity index is 0. The topological polar surface area (TPSA) is 111 Å².